The van der Waals surface area contributed by atoms with Gasteiger partial charge in [-0.3, -0.25) is 4.79 Å². The zero-order valence-corrected chi connectivity index (χ0v) is 18.2. The Bertz CT molecular complexity index is 1040. The van der Waals surface area contributed by atoms with E-state index in [9.17, 15) is 4.79 Å². The number of nitrogens with one attached hydrogen (secondary N) is 1. The third-order valence-electron chi connectivity index (χ3n) is 5.47. The van der Waals surface area contributed by atoms with Gasteiger partial charge in [0, 0.05) is 11.4 Å². The van der Waals surface area contributed by atoms with E-state index in [0.29, 0.717) is 28.8 Å². The molecule has 30 heavy (non-hydrogen) atoms. The van der Waals surface area contributed by atoms with Gasteiger partial charge in [-0.15, -0.1) is 0 Å². The monoisotopic (exact) mass is 403 g/mol. The number of hydrogen-bond donors (Lipinski definition) is 2. The summed E-state index contributed by atoms with van der Waals surface area (Å²) in [6, 6.07) is 17.2. The lowest BCUT2D eigenvalue weighted by atomic mass is 9.90. The van der Waals surface area contributed by atoms with Crippen LogP contribution in [-0.4, -0.2) is 10.9 Å². The van der Waals surface area contributed by atoms with Crippen LogP contribution in [0.1, 0.15) is 53.9 Å². The molecule has 5 heteroatoms. The lowest BCUT2D eigenvalue weighted by Gasteiger charge is -2.17. The topological polar surface area (TPSA) is 77.2 Å². The Kier molecular flexibility index (Phi) is 6.40. The summed E-state index contributed by atoms with van der Waals surface area (Å²) >= 11 is 0. The molecule has 0 bridgehead atoms. The van der Waals surface area contributed by atoms with Crippen molar-refractivity contribution in [3.05, 3.63) is 77.0 Å². The Labute approximate surface area is 178 Å². The second-order valence-electron chi connectivity index (χ2n) is 8.01. The zero-order valence-electron chi connectivity index (χ0n) is 18.2. The maximum atomic E-state index is 12.6. The van der Waals surface area contributed by atoms with Crippen LogP contribution >= 0.6 is 0 Å². The number of rotatable bonds is 6. The lowest BCUT2D eigenvalue weighted by molar-refractivity contribution is 0.102. The van der Waals surface area contributed by atoms with E-state index in [1.807, 2.05) is 38.1 Å². The van der Waals surface area contributed by atoms with Crippen molar-refractivity contribution >= 4 is 17.4 Å². The van der Waals surface area contributed by atoms with Crippen LogP contribution in [0.15, 0.2) is 54.6 Å². The molecule has 0 aliphatic carbocycles. The van der Waals surface area contributed by atoms with Crippen LogP contribution in [0.5, 0.6) is 11.5 Å². The van der Waals surface area contributed by atoms with Crippen molar-refractivity contribution in [3.63, 3.8) is 0 Å². The van der Waals surface area contributed by atoms with Crippen LogP contribution < -0.4 is 15.8 Å². The molecule has 0 aliphatic heterocycles. The van der Waals surface area contributed by atoms with Crippen molar-refractivity contribution in [3.8, 4) is 11.5 Å². The number of carbonyl (C=O) groups is 1. The number of hydrogen-bond acceptors (Lipinski definition) is 4. The summed E-state index contributed by atoms with van der Waals surface area (Å²) in [5, 5.41) is 2.86. The number of aryl methyl sites for hydroxylation is 2. The molecule has 0 spiro atoms. The van der Waals surface area contributed by atoms with E-state index in [1.54, 1.807) is 18.2 Å². The molecule has 1 aromatic heterocycles. The number of benzene rings is 2. The minimum atomic E-state index is -0.285. The molecule has 5 nitrogen and oxygen atoms in total. The number of anilines is 2. The highest BCUT2D eigenvalue weighted by molar-refractivity contribution is 6.07. The summed E-state index contributed by atoms with van der Waals surface area (Å²) in [5.74, 6) is 2.46. The average Bonchev–Trinajstić information content (AvgIpc) is 2.71. The van der Waals surface area contributed by atoms with Gasteiger partial charge in [0.05, 0.1) is 5.56 Å². The molecule has 2 aromatic carbocycles. The SMILES string of the molecule is Cc1cc(C(=O)Nc2ccc(Oc3cccc(C(C)C(C)C)c3)cc2)c(N)nc1C. The summed E-state index contributed by atoms with van der Waals surface area (Å²) in [4.78, 5) is 16.8. The quantitative estimate of drug-likeness (QED) is 0.522. The minimum absolute atomic E-state index is 0.228. The van der Waals surface area contributed by atoms with Crippen LogP contribution in [0.3, 0.4) is 0 Å². The van der Waals surface area contributed by atoms with Crippen molar-refractivity contribution in [2.45, 2.75) is 40.5 Å². The first-order chi connectivity index (χ1) is 14.2. The largest absolute Gasteiger partial charge is 0.457 e. The molecule has 1 atom stereocenters. The van der Waals surface area contributed by atoms with Gasteiger partial charge in [-0.2, -0.15) is 0 Å². The molecular weight excluding hydrogens is 374 g/mol. The second kappa shape index (κ2) is 8.99. The molecule has 0 fully saturated rings. The Morgan fingerprint density at radius 1 is 1.00 bits per heavy atom. The van der Waals surface area contributed by atoms with E-state index in [0.717, 1.165) is 17.0 Å². The molecule has 3 aromatic rings. The van der Waals surface area contributed by atoms with Gasteiger partial charge in [-0.05, 0) is 79.3 Å². The van der Waals surface area contributed by atoms with Gasteiger partial charge >= 0.3 is 0 Å². The van der Waals surface area contributed by atoms with Gasteiger partial charge < -0.3 is 15.8 Å². The third kappa shape index (κ3) is 4.98. The van der Waals surface area contributed by atoms with E-state index >= 15 is 0 Å². The fraction of sp³-hybridized carbons (Fsp3) is 0.280. The van der Waals surface area contributed by atoms with Crippen LogP contribution in [-0.2, 0) is 0 Å². The van der Waals surface area contributed by atoms with Crippen molar-refractivity contribution in [2.24, 2.45) is 5.92 Å². The van der Waals surface area contributed by atoms with Crippen molar-refractivity contribution in [1.82, 2.24) is 4.98 Å². The summed E-state index contributed by atoms with van der Waals surface area (Å²) in [6.45, 7) is 10.4. The summed E-state index contributed by atoms with van der Waals surface area (Å²) < 4.78 is 6.00. The minimum Gasteiger partial charge on any atom is -0.457 e. The first-order valence-electron chi connectivity index (χ1n) is 10.2. The molecule has 156 valence electrons. The highest BCUT2D eigenvalue weighted by Crippen LogP contribution is 2.29. The molecule has 1 heterocycles. The van der Waals surface area contributed by atoms with Crippen LogP contribution in [0, 0.1) is 19.8 Å². The van der Waals surface area contributed by atoms with Gasteiger partial charge in [0.2, 0.25) is 0 Å². The van der Waals surface area contributed by atoms with Gasteiger partial charge in [0.25, 0.3) is 5.91 Å². The number of ether oxygens (including phenoxy) is 1. The first kappa shape index (κ1) is 21.4. The van der Waals surface area contributed by atoms with Crippen LogP contribution in [0.2, 0.25) is 0 Å². The van der Waals surface area contributed by atoms with Crippen molar-refractivity contribution < 1.29 is 9.53 Å². The fourth-order valence-electron chi connectivity index (χ4n) is 3.09. The van der Waals surface area contributed by atoms with Crippen molar-refractivity contribution in [2.75, 3.05) is 11.1 Å². The van der Waals surface area contributed by atoms with E-state index in [4.69, 9.17) is 10.5 Å². The van der Waals surface area contributed by atoms with Gasteiger partial charge in [0.15, 0.2) is 0 Å². The lowest BCUT2D eigenvalue weighted by Crippen LogP contribution is -2.15. The smallest absolute Gasteiger partial charge is 0.259 e. The fourth-order valence-corrected chi connectivity index (χ4v) is 3.09. The molecule has 1 unspecified atom stereocenters. The Morgan fingerprint density at radius 2 is 1.70 bits per heavy atom. The first-order valence-corrected chi connectivity index (χ1v) is 10.2. The summed E-state index contributed by atoms with van der Waals surface area (Å²) in [6.07, 6.45) is 0. The second-order valence-corrected chi connectivity index (χ2v) is 8.01. The van der Waals surface area contributed by atoms with Gasteiger partial charge in [-0.25, -0.2) is 4.98 Å². The van der Waals surface area contributed by atoms with Gasteiger partial charge in [0.1, 0.15) is 17.3 Å². The van der Waals surface area contributed by atoms with Crippen LogP contribution in [0.25, 0.3) is 0 Å². The average molecular weight is 404 g/mol. The van der Waals surface area contributed by atoms with E-state index in [2.05, 4.69) is 43.2 Å². The molecule has 0 aliphatic rings. The number of aromatic nitrogens is 1. The predicted molar refractivity (Wildman–Crippen MR) is 122 cm³/mol. The van der Waals surface area contributed by atoms with Crippen molar-refractivity contribution in [1.29, 1.82) is 0 Å². The maximum Gasteiger partial charge on any atom is 0.259 e. The molecule has 0 radical (unpaired) electrons. The molecule has 1 amide bonds. The standard InChI is InChI=1S/C25H29N3O2/c1-15(2)17(4)19-7-6-8-22(14-19)30-21-11-9-20(10-12-21)28-25(29)23-13-16(3)18(5)27-24(23)26/h6-15,17H,1-5H3,(H2,26,27)(H,28,29). The summed E-state index contributed by atoms with van der Waals surface area (Å²) in [5.41, 5.74) is 9.94. The van der Waals surface area contributed by atoms with Crippen LogP contribution in [0.4, 0.5) is 11.5 Å². The predicted octanol–water partition coefficient (Wildman–Crippen LogP) is 6.08. The van der Waals surface area contributed by atoms with E-state index in [-0.39, 0.29) is 11.7 Å². The zero-order chi connectivity index (χ0) is 21.8. The highest BCUT2D eigenvalue weighted by Gasteiger charge is 2.14. The number of amides is 1. The summed E-state index contributed by atoms with van der Waals surface area (Å²) in [7, 11) is 0. The Balaban J connectivity index is 1.69. The van der Waals surface area contributed by atoms with E-state index < -0.39 is 0 Å². The molecular formula is C25H29N3O2. The number of nitrogens with zero attached hydrogens (tertiary/aromatic N) is 1. The molecule has 3 N–H and O–H groups in total. The highest BCUT2D eigenvalue weighted by atomic mass is 16.5. The molecule has 0 saturated heterocycles. The molecule has 0 saturated carbocycles. The maximum absolute atomic E-state index is 12.6. The number of pyridine rings is 1. The van der Waals surface area contributed by atoms with Gasteiger partial charge in [-0.1, -0.05) is 32.9 Å². The third-order valence-corrected chi connectivity index (χ3v) is 5.47. The number of nitrogens with two attached hydrogens (primary N) is 1. The molecule has 3 rings (SSSR count). The Hall–Kier alpha value is -3.34. The number of carbonyl (C=O) groups excluding carboxylic acids is 1. The van der Waals surface area contributed by atoms with E-state index in [1.165, 1.54) is 5.56 Å². The normalized spacial score (nSPS) is 11.9. The Morgan fingerprint density at radius 3 is 2.37 bits per heavy atom. The number of nitrogen functional groups attached to an aromatic ring is 1.